The van der Waals surface area contributed by atoms with Crippen LogP contribution < -0.4 is 5.32 Å². The largest absolute Gasteiger partial charge is 0.378 e. The number of nitro groups is 1. The van der Waals surface area contributed by atoms with Crippen molar-refractivity contribution in [2.75, 3.05) is 5.32 Å². The van der Waals surface area contributed by atoms with Gasteiger partial charge in [-0.3, -0.25) is 10.1 Å². The van der Waals surface area contributed by atoms with Gasteiger partial charge in [0.05, 0.1) is 4.92 Å². The van der Waals surface area contributed by atoms with Gasteiger partial charge in [-0.2, -0.15) is 0 Å². The maximum atomic E-state index is 13.1. The highest BCUT2D eigenvalue weighted by atomic mass is 127. The van der Waals surface area contributed by atoms with Crippen molar-refractivity contribution < 1.29 is 9.31 Å². The van der Waals surface area contributed by atoms with Crippen LogP contribution in [0.3, 0.4) is 0 Å². The van der Waals surface area contributed by atoms with Gasteiger partial charge >= 0.3 is 0 Å². The third-order valence-electron chi connectivity index (χ3n) is 3.23. The Morgan fingerprint density at radius 3 is 2.62 bits per heavy atom. The molecule has 0 heterocycles. The quantitative estimate of drug-likeness (QED) is 0.455. The summed E-state index contributed by atoms with van der Waals surface area (Å²) in [6.45, 7) is 3.62. The number of nitrogens with zero attached hydrogens (tertiary/aromatic N) is 1. The predicted octanol–water partition coefficient (Wildman–Crippen LogP) is 4.82. The van der Waals surface area contributed by atoms with E-state index in [9.17, 15) is 14.5 Å². The van der Waals surface area contributed by atoms with E-state index in [-0.39, 0.29) is 22.5 Å². The number of aryl methyl sites for hydroxylation is 1. The summed E-state index contributed by atoms with van der Waals surface area (Å²) in [6, 6.07) is 9.53. The lowest BCUT2D eigenvalue weighted by Crippen LogP contribution is -2.08. The highest BCUT2D eigenvalue weighted by molar-refractivity contribution is 14.1. The number of hydrogen-bond donors (Lipinski definition) is 1. The maximum Gasteiger partial charge on any atom is 0.272 e. The summed E-state index contributed by atoms with van der Waals surface area (Å²) >= 11 is 2.05. The van der Waals surface area contributed by atoms with Crippen LogP contribution in [0.25, 0.3) is 0 Å². The zero-order valence-corrected chi connectivity index (χ0v) is 13.7. The van der Waals surface area contributed by atoms with Crippen LogP contribution in [0.1, 0.15) is 24.1 Å². The first-order valence-electron chi connectivity index (χ1n) is 6.35. The minimum atomic E-state index is -0.382. The van der Waals surface area contributed by atoms with Crippen molar-refractivity contribution >= 4 is 34.0 Å². The van der Waals surface area contributed by atoms with Gasteiger partial charge in [-0.05, 0) is 60.2 Å². The van der Waals surface area contributed by atoms with Crippen LogP contribution in [0.15, 0.2) is 36.4 Å². The molecule has 21 heavy (non-hydrogen) atoms. The number of benzene rings is 2. The molecule has 2 rings (SSSR count). The van der Waals surface area contributed by atoms with Gasteiger partial charge in [0.15, 0.2) is 0 Å². The van der Waals surface area contributed by atoms with E-state index in [2.05, 4.69) is 27.9 Å². The van der Waals surface area contributed by atoms with E-state index in [1.165, 1.54) is 12.1 Å². The van der Waals surface area contributed by atoms with Gasteiger partial charge in [-0.15, -0.1) is 0 Å². The molecule has 0 saturated carbocycles. The summed E-state index contributed by atoms with van der Waals surface area (Å²) in [5.74, 6) is -0.288. The number of anilines is 1. The Morgan fingerprint density at radius 2 is 2.00 bits per heavy atom. The van der Waals surface area contributed by atoms with E-state index < -0.39 is 0 Å². The van der Waals surface area contributed by atoms with Crippen molar-refractivity contribution in [3.8, 4) is 0 Å². The van der Waals surface area contributed by atoms with E-state index in [0.29, 0.717) is 5.56 Å². The molecule has 0 aliphatic rings. The molecule has 110 valence electrons. The molecule has 2 aromatic carbocycles. The Hall–Kier alpha value is -1.70. The Balaban J connectivity index is 2.26. The summed E-state index contributed by atoms with van der Waals surface area (Å²) < 4.78 is 13.9. The zero-order valence-electron chi connectivity index (χ0n) is 11.6. The van der Waals surface area contributed by atoms with Gasteiger partial charge in [0.2, 0.25) is 0 Å². The SMILES string of the molecule is Cc1ccc(C(C)Nc2ccc(F)cc2I)cc1[N+](=O)[O-]. The molecule has 1 N–H and O–H groups in total. The predicted molar refractivity (Wildman–Crippen MR) is 89.0 cm³/mol. The van der Waals surface area contributed by atoms with E-state index in [1.54, 1.807) is 25.1 Å². The molecule has 0 fully saturated rings. The van der Waals surface area contributed by atoms with E-state index in [1.807, 2.05) is 13.0 Å². The van der Waals surface area contributed by atoms with Crippen LogP contribution >= 0.6 is 22.6 Å². The number of nitrogens with one attached hydrogen (secondary N) is 1. The lowest BCUT2D eigenvalue weighted by atomic mass is 10.0. The molecule has 0 aliphatic heterocycles. The van der Waals surface area contributed by atoms with Gasteiger partial charge in [0, 0.05) is 26.9 Å². The molecule has 1 unspecified atom stereocenters. The van der Waals surface area contributed by atoms with Gasteiger partial charge < -0.3 is 5.32 Å². The summed E-state index contributed by atoms with van der Waals surface area (Å²) in [5.41, 5.74) is 2.35. The first-order valence-corrected chi connectivity index (χ1v) is 7.43. The van der Waals surface area contributed by atoms with Crippen LogP contribution in [0.4, 0.5) is 15.8 Å². The molecule has 0 spiro atoms. The van der Waals surface area contributed by atoms with E-state index in [0.717, 1.165) is 14.8 Å². The number of hydrogen-bond acceptors (Lipinski definition) is 3. The van der Waals surface area contributed by atoms with Crippen molar-refractivity contribution in [1.29, 1.82) is 0 Å². The van der Waals surface area contributed by atoms with Gasteiger partial charge in [0.25, 0.3) is 5.69 Å². The van der Waals surface area contributed by atoms with Crippen molar-refractivity contribution in [2.45, 2.75) is 19.9 Å². The molecule has 6 heteroatoms. The molecule has 0 radical (unpaired) electrons. The van der Waals surface area contributed by atoms with Crippen LogP contribution in [0.2, 0.25) is 0 Å². The van der Waals surface area contributed by atoms with Gasteiger partial charge in [-0.1, -0.05) is 12.1 Å². The normalized spacial score (nSPS) is 12.0. The summed E-state index contributed by atoms with van der Waals surface area (Å²) in [6.07, 6.45) is 0. The standard InChI is InChI=1S/C15H14FIN2O2/c1-9-3-4-11(7-15(9)19(20)21)10(2)18-14-6-5-12(16)8-13(14)17/h3-8,10,18H,1-2H3. The molecule has 1 atom stereocenters. The molecular formula is C15H14FIN2O2. The number of halogens is 2. The smallest absolute Gasteiger partial charge is 0.272 e. The second kappa shape index (κ2) is 6.38. The fraction of sp³-hybridized carbons (Fsp3) is 0.200. The number of rotatable bonds is 4. The minimum absolute atomic E-state index is 0.106. The van der Waals surface area contributed by atoms with Gasteiger partial charge in [0.1, 0.15) is 5.82 Å². The lowest BCUT2D eigenvalue weighted by Gasteiger charge is -2.17. The first-order chi connectivity index (χ1) is 9.88. The molecule has 0 aromatic heterocycles. The summed E-state index contributed by atoms with van der Waals surface area (Å²) in [7, 11) is 0. The van der Waals surface area contributed by atoms with Crippen molar-refractivity contribution in [3.05, 3.63) is 67.0 Å². The molecule has 0 saturated heterocycles. The molecule has 0 bridgehead atoms. The molecule has 0 aliphatic carbocycles. The summed E-state index contributed by atoms with van der Waals surface area (Å²) in [5, 5.41) is 14.2. The Labute approximate surface area is 135 Å². The van der Waals surface area contributed by atoms with Crippen molar-refractivity contribution in [2.24, 2.45) is 0 Å². The fourth-order valence-electron chi connectivity index (χ4n) is 2.02. The van der Waals surface area contributed by atoms with E-state index >= 15 is 0 Å². The minimum Gasteiger partial charge on any atom is -0.378 e. The van der Waals surface area contributed by atoms with Crippen LogP contribution in [0.5, 0.6) is 0 Å². The molecule has 0 amide bonds. The highest BCUT2D eigenvalue weighted by Crippen LogP contribution is 2.27. The first kappa shape index (κ1) is 15.7. The average molecular weight is 400 g/mol. The fourth-order valence-corrected chi connectivity index (χ4v) is 2.65. The number of nitro benzene ring substituents is 1. The second-order valence-corrected chi connectivity index (χ2v) is 5.96. The van der Waals surface area contributed by atoms with Crippen LogP contribution in [-0.4, -0.2) is 4.92 Å². The van der Waals surface area contributed by atoms with E-state index in [4.69, 9.17) is 0 Å². The Morgan fingerprint density at radius 1 is 1.29 bits per heavy atom. The molecular weight excluding hydrogens is 386 g/mol. The van der Waals surface area contributed by atoms with Crippen molar-refractivity contribution in [1.82, 2.24) is 0 Å². The second-order valence-electron chi connectivity index (χ2n) is 4.79. The third-order valence-corrected chi connectivity index (χ3v) is 4.13. The molecule has 2 aromatic rings. The van der Waals surface area contributed by atoms with Gasteiger partial charge in [-0.25, -0.2) is 4.39 Å². The lowest BCUT2D eigenvalue weighted by molar-refractivity contribution is -0.385. The van der Waals surface area contributed by atoms with Crippen LogP contribution in [0, 0.1) is 26.4 Å². The third kappa shape index (κ3) is 3.69. The summed E-state index contributed by atoms with van der Waals surface area (Å²) in [4.78, 5) is 10.6. The maximum absolute atomic E-state index is 13.1. The average Bonchev–Trinajstić information content (AvgIpc) is 2.42. The topological polar surface area (TPSA) is 55.2 Å². The highest BCUT2D eigenvalue weighted by Gasteiger charge is 2.15. The monoisotopic (exact) mass is 400 g/mol. The zero-order chi connectivity index (χ0) is 15.6. The van der Waals surface area contributed by atoms with Crippen molar-refractivity contribution in [3.63, 3.8) is 0 Å². The Kier molecular flexibility index (Phi) is 4.76. The molecule has 4 nitrogen and oxygen atoms in total. The Bertz CT molecular complexity index is 691. The van der Waals surface area contributed by atoms with Crippen LogP contribution in [-0.2, 0) is 0 Å².